The largest absolute Gasteiger partial charge is 0.352 e. The second-order valence-corrected chi connectivity index (χ2v) is 6.79. The third kappa shape index (κ3) is 2.64. The van der Waals surface area contributed by atoms with Crippen molar-refractivity contribution in [1.29, 1.82) is 0 Å². The second-order valence-electron chi connectivity index (χ2n) is 6.79. The van der Waals surface area contributed by atoms with Crippen molar-refractivity contribution < 1.29 is 4.79 Å². The maximum Gasteiger partial charge on any atom is 0.233 e. The molecule has 0 N–H and O–H groups in total. The maximum absolute atomic E-state index is 13.1. The van der Waals surface area contributed by atoms with Crippen LogP contribution in [0.4, 0.5) is 5.82 Å². The van der Waals surface area contributed by atoms with Gasteiger partial charge in [-0.3, -0.25) is 9.78 Å². The summed E-state index contributed by atoms with van der Waals surface area (Å²) in [4.78, 5) is 25.8. The van der Waals surface area contributed by atoms with E-state index in [1.165, 1.54) is 11.1 Å². The Balaban J connectivity index is 1.45. The molecule has 1 amide bonds. The van der Waals surface area contributed by atoms with Gasteiger partial charge in [0.15, 0.2) is 0 Å². The molecular weight excluding hydrogens is 300 g/mol. The van der Waals surface area contributed by atoms with Gasteiger partial charge in [-0.05, 0) is 25.3 Å². The zero-order valence-corrected chi connectivity index (χ0v) is 14.0. The number of carbonyl (C=O) groups excluding carboxylic acids is 1. The second kappa shape index (κ2) is 5.89. The molecule has 0 bridgehead atoms. The number of amides is 1. The molecule has 1 aromatic heterocycles. The molecular formula is C19H22N4O. The van der Waals surface area contributed by atoms with Crippen molar-refractivity contribution in [1.82, 2.24) is 14.9 Å². The first kappa shape index (κ1) is 15.1. The molecule has 2 aromatic rings. The highest BCUT2D eigenvalue weighted by atomic mass is 16.2. The summed E-state index contributed by atoms with van der Waals surface area (Å²) in [6.45, 7) is 5.22. The molecule has 0 unspecified atom stereocenters. The summed E-state index contributed by atoms with van der Waals surface area (Å²) in [5, 5.41) is 0. The molecule has 5 heteroatoms. The summed E-state index contributed by atoms with van der Waals surface area (Å²) in [6, 6.07) is 8.42. The average Bonchev–Trinajstić information content (AvgIpc) is 3.44. The summed E-state index contributed by atoms with van der Waals surface area (Å²) >= 11 is 0. The van der Waals surface area contributed by atoms with Crippen LogP contribution in [-0.2, 0) is 10.2 Å². The van der Waals surface area contributed by atoms with Gasteiger partial charge < -0.3 is 9.80 Å². The molecule has 0 radical (unpaired) electrons. The molecule has 5 nitrogen and oxygen atoms in total. The van der Waals surface area contributed by atoms with Gasteiger partial charge in [0.1, 0.15) is 5.82 Å². The minimum absolute atomic E-state index is 0.263. The molecule has 124 valence electrons. The summed E-state index contributed by atoms with van der Waals surface area (Å²) in [5.74, 6) is 1.19. The van der Waals surface area contributed by atoms with Gasteiger partial charge in [0.2, 0.25) is 5.91 Å². The molecule has 1 aliphatic carbocycles. The SMILES string of the molecule is Cc1cccc(C2(C(=O)N3CCN(c4cnccn4)CC3)CC2)c1. The predicted octanol–water partition coefficient (Wildman–Crippen LogP) is 2.17. The molecule has 2 heterocycles. The van der Waals surface area contributed by atoms with Crippen molar-refractivity contribution in [2.24, 2.45) is 0 Å². The predicted molar refractivity (Wildman–Crippen MR) is 92.9 cm³/mol. The lowest BCUT2D eigenvalue weighted by atomic mass is 9.92. The number of carbonyl (C=O) groups is 1. The van der Waals surface area contributed by atoms with Gasteiger partial charge in [-0.1, -0.05) is 29.8 Å². The minimum Gasteiger partial charge on any atom is -0.352 e. The van der Waals surface area contributed by atoms with Crippen molar-refractivity contribution in [3.05, 3.63) is 54.0 Å². The number of aromatic nitrogens is 2. The maximum atomic E-state index is 13.1. The fraction of sp³-hybridized carbons (Fsp3) is 0.421. The first-order valence-electron chi connectivity index (χ1n) is 8.56. The highest BCUT2D eigenvalue weighted by Crippen LogP contribution is 2.49. The van der Waals surface area contributed by atoms with Gasteiger partial charge in [-0.15, -0.1) is 0 Å². The van der Waals surface area contributed by atoms with Crippen molar-refractivity contribution in [2.75, 3.05) is 31.1 Å². The zero-order chi connectivity index (χ0) is 16.6. The standard InChI is InChI=1S/C19H22N4O/c1-15-3-2-4-16(13-15)19(5-6-19)18(24)23-11-9-22(10-12-23)17-14-20-7-8-21-17/h2-4,7-8,13-14H,5-6,9-12H2,1H3. The molecule has 1 saturated carbocycles. The van der Waals surface area contributed by atoms with E-state index in [4.69, 9.17) is 0 Å². The molecule has 4 rings (SSSR count). The van der Waals surface area contributed by atoms with Gasteiger partial charge in [-0.2, -0.15) is 0 Å². The smallest absolute Gasteiger partial charge is 0.233 e. The Morgan fingerprint density at radius 3 is 2.54 bits per heavy atom. The Morgan fingerprint density at radius 1 is 1.12 bits per heavy atom. The monoisotopic (exact) mass is 322 g/mol. The van der Waals surface area contributed by atoms with Gasteiger partial charge in [0.25, 0.3) is 0 Å². The van der Waals surface area contributed by atoms with Gasteiger partial charge >= 0.3 is 0 Å². The lowest BCUT2D eigenvalue weighted by Gasteiger charge is -2.37. The molecule has 24 heavy (non-hydrogen) atoms. The normalized spacial score (nSPS) is 19.2. The minimum atomic E-state index is -0.263. The van der Waals surface area contributed by atoms with Crippen LogP contribution in [0.1, 0.15) is 24.0 Å². The van der Waals surface area contributed by atoms with E-state index >= 15 is 0 Å². The van der Waals surface area contributed by atoms with Gasteiger partial charge in [-0.25, -0.2) is 4.98 Å². The van der Waals surface area contributed by atoms with Crippen LogP contribution >= 0.6 is 0 Å². The first-order chi connectivity index (χ1) is 11.7. The van der Waals surface area contributed by atoms with E-state index in [1.807, 2.05) is 4.90 Å². The number of anilines is 1. The topological polar surface area (TPSA) is 49.3 Å². The number of hydrogen-bond acceptors (Lipinski definition) is 4. The molecule has 0 spiro atoms. The lowest BCUT2D eigenvalue weighted by Crippen LogP contribution is -2.51. The number of aryl methyl sites for hydroxylation is 1. The van der Waals surface area contributed by atoms with Crippen molar-refractivity contribution in [2.45, 2.75) is 25.2 Å². The van der Waals surface area contributed by atoms with E-state index in [1.54, 1.807) is 18.6 Å². The molecule has 2 fully saturated rings. The van der Waals surface area contributed by atoms with Crippen LogP contribution in [0.3, 0.4) is 0 Å². The molecule has 1 aliphatic heterocycles. The number of hydrogen-bond donors (Lipinski definition) is 0. The Kier molecular flexibility index (Phi) is 3.71. The quantitative estimate of drug-likeness (QED) is 0.869. The first-order valence-corrected chi connectivity index (χ1v) is 8.56. The van der Waals surface area contributed by atoms with E-state index in [2.05, 4.69) is 46.1 Å². The number of piperazine rings is 1. The molecule has 1 aromatic carbocycles. The summed E-state index contributed by atoms with van der Waals surface area (Å²) in [5.41, 5.74) is 2.14. The lowest BCUT2D eigenvalue weighted by molar-refractivity contribution is -0.134. The Labute approximate surface area is 142 Å². The van der Waals surface area contributed by atoms with Gasteiger partial charge in [0, 0.05) is 38.6 Å². The Bertz CT molecular complexity index is 734. The molecule has 1 saturated heterocycles. The van der Waals surface area contributed by atoms with E-state index < -0.39 is 0 Å². The van der Waals surface area contributed by atoms with Crippen LogP contribution in [0.15, 0.2) is 42.9 Å². The third-order valence-electron chi connectivity index (χ3n) is 5.17. The summed E-state index contributed by atoms with van der Waals surface area (Å²) in [6.07, 6.45) is 7.12. The average molecular weight is 322 g/mol. The number of benzene rings is 1. The van der Waals surface area contributed by atoms with E-state index in [9.17, 15) is 4.79 Å². The molecule has 0 atom stereocenters. The van der Waals surface area contributed by atoms with E-state index in [0.29, 0.717) is 5.91 Å². The fourth-order valence-corrected chi connectivity index (χ4v) is 3.59. The number of nitrogens with zero attached hydrogens (tertiary/aromatic N) is 4. The van der Waals surface area contributed by atoms with Crippen LogP contribution in [-0.4, -0.2) is 47.0 Å². The summed E-state index contributed by atoms with van der Waals surface area (Å²) < 4.78 is 0. The highest BCUT2D eigenvalue weighted by molar-refractivity contribution is 5.91. The number of rotatable bonds is 3. The van der Waals surface area contributed by atoms with Crippen molar-refractivity contribution >= 4 is 11.7 Å². The van der Waals surface area contributed by atoms with Crippen molar-refractivity contribution in [3.8, 4) is 0 Å². The zero-order valence-electron chi connectivity index (χ0n) is 14.0. The molecule has 2 aliphatic rings. The third-order valence-corrected chi connectivity index (χ3v) is 5.17. The fourth-order valence-electron chi connectivity index (χ4n) is 3.59. The van der Waals surface area contributed by atoms with Crippen LogP contribution in [0.25, 0.3) is 0 Å². The van der Waals surface area contributed by atoms with Crippen molar-refractivity contribution in [3.63, 3.8) is 0 Å². The van der Waals surface area contributed by atoms with Gasteiger partial charge in [0.05, 0.1) is 11.6 Å². The van der Waals surface area contributed by atoms with E-state index in [0.717, 1.165) is 44.8 Å². The Morgan fingerprint density at radius 2 is 1.92 bits per heavy atom. The van der Waals surface area contributed by atoms with Crippen LogP contribution in [0.5, 0.6) is 0 Å². The highest BCUT2D eigenvalue weighted by Gasteiger charge is 2.53. The van der Waals surface area contributed by atoms with E-state index in [-0.39, 0.29) is 5.41 Å². The van der Waals surface area contributed by atoms with Crippen LogP contribution in [0.2, 0.25) is 0 Å². The van der Waals surface area contributed by atoms with Crippen LogP contribution < -0.4 is 4.90 Å². The summed E-state index contributed by atoms with van der Waals surface area (Å²) in [7, 11) is 0. The Hall–Kier alpha value is -2.43. The van der Waals surface area contributed by atoms with Crippen LogP contribution in [0, 0.1) is 6.92 Å².